The van der Waals surface area contributed by atoms with Gasteiger partial charge in [0, 0.05) is 12.8 Å². The molecule has 1 saturated heterocycles. The maximum absolute atomic E-state index is 11.4. The van der Waals surface area contributed by atoms with Crippen molar-refractivity contribution in [2.24, 2.45) is 0 Å². The number of rotatable bonds is 0. The van der Waals surface area contributed by atoms with E-state index >= 15 is 0 Å². The molecular formula is C13H25NO. The zero-order valence-corrected chi connectivity index (χ0v) is 9.89. The minimum absolute atomic E-state index is 0.486. The normalized spacial score (nSPS) is 23.3. The maximum Gasteiger partial charge on any atom is 0.132 e. The van der Waals surface area contributed by atoms with Gasteiger partial charge in [0.1, 0.15) is 5.78 Å². The molecule has 1 rings (SSSR count). The lowest BCUT2D eigenvalue weighted by atomic mass is 10.0. The lowest BCUT2D eigenvalue weighted by Gasteiger charge is -2.06. The van der Waals surface area contributed by atoms with Crippen LogP contribution in [0.4, 0.5) is 0 Å². The molecule has 0 aliphatic carbocycles. The molecule has 1 heterocycles. The maximum atomic E-state index is 11.4. The van der Waals surface area contributed by atoms with Crippen LogP contribution in [-0.4, -0.2) is 18.9 Å². The van der Waals surface area contributed by atoms with E-state index in [1.54, 1.807) is 0 Å². The quantitative estimate of drug-likeness (QED) is 0.667. The minimum atomic E-state index is 0.486. The standard InChI is InChI=1S/C13H25NO/c15-13-9-5-2-1-3-7-11-14-12-8-4-6-10-13/h14H,1-12H2. The molecule has 0 spiro atoms. The van der Waals surface area contributed by atoms with Gasteiger partial charge in [-0.1, -0.05) is 25.7 Å². The highest BCUT2D eigenvalue weighted by Crippen LogP contribution is 2.09. The first-order chi connectivity index (χ1) is 7.39. The zero-order chi connectivity index (χ0) is 10.8. The van der Waals surface area contributed by atoms with E-state index in [1.165, 1.54) is 45.1 Å². The summed E-state index contributed by atoms with van der Waals surface area (Å²) in [6.07, 6.45) is 11.5. The number of ketones is 1. The van der Waals surface area contributed by atoms with Gasteiger partial charge in [-0.3, -0.25) is 4.79 Å². The van der Waals surface area contributed by atoms with Crippen molar-refractivity contribution < 1.29 is 4.79 Å². The zero-order valence-electron chi connectivity index (χ0n) is 9.89. The summed E-state index contributed by atoms with van der Waals surface area (Å²) >= 11 is 0. The average molecular weight is 211 g/mol. The summed E-state index contributed by atoms with van der Waals surface area (Å²) < 4.78 is 0. The molecule has 0 amide bonds. The Bertz CT molecular complexity index is 152. The van der Waals surface area contributed by atoms with E-state index in [1.807, 2.05) is 0 Å². The molecular weight excluding hydrogens is 186 g/mol. The molecule has 1 fully saturated rings. The number of nitrogens with one attached hydrogen (secondary N) is 1. The molecule has 1 N–H and O–H groups in total. The van der Waals surface area contributed by atoms with Crippen LogP contribution in [0, 0.1) is 0 Å². The fourth-order valence-electron chi connectivity index (χ4n) is 2.10. The Morgan fingerprint density at radius 2 is 1.13 bits per heavy atom. The predicted octanol–water partition coefficient (Wildman–Crippen LogP) is 3.06. The topological polar surface area (TPSA) is 29.1 Å². The van der Waals surface area contributed by atoms with E-state index in [0.29, 0.717) is 5.78 Å². The highest BCUT2D eigenvalue weighted by molar-refractivity contribution is 5.78. The molecule has 15 heavy (non-hydrogen) atoms. The molecule has 0 aromatic rings. The Kier molecular flexibility index (Phi) is 7.53. The average Bonchev–Trinajstić information content (AvgIpc) is 2.24. The molecule has 2 nitrogen and oxygen atoms in total. The van der Waals surface area contributed by atoms with E-state index in [4.69, 9.17) is 0 Å². The van der Waals surface area contributed by atoms with Gasteiger partial charge in [-0.25, -0.2) is 0 Å². The minimum Gasteiger partial charge on any atom is -0.317 e. The van der Waals surface area contributed by atoms with Crippen LogP contribution in [-0.2, 0) is 4.79 Å². The van der Waals surface area contributed by atoms with Crippen LogP contribution in [0.5, 0.6) is 0 Å². The van der Waals surface area contributed by atoms with Crippen molar-refractivity contribution in [1.82, 2.24) is 5.32 Å². The van der Waals surface area contributed by atoms with Crippen LogP contribution in [0.1, 0.15) is 64.2 Å². The van der Waals surface area contributed by atoms with E-state index < -0.39 is 0 Å². The Labute approximate surface area is 93.8 Å². The van der Waals surface area contributed by atoms with Gasteiger partial charge in [0.2, 0.25) is 0 Å². The number of carbonyl (C=O) groups is 1. The van der Waals surface area contributed by atoms with Crippen molar-refractivity contribution in [2.75, 3.05) is 13.1 Å². The van der Waals surface area contributed by atoms with Crippen molar-refractivity contribution >= 4 is 5.78 Å². The fourth-order valence-corrected chi connectivity index (χ4v) is 2.10. The van der Waals surface area contributed by atoms with E-state index in [2.05, 4.69) is 5.32 Å². The molecule has 0 aromatic carbocycles. The number of carbonyl (C=O) groups excluding carboxylic acids is 1. The van der Waals surface area contributed by atoms with Gasteiger partial charge in [-0.2, -0.15) is 0 Å². The van der Waals surface area contributed by atoms with Crippen LogP contribution in [0.3, 0.4) is 0 Å². The Morgan fingerprint density at radius 1 is 0.667 bits per heavy atom. The highest BCUT2D eigenvalue weighted by atomic mass is 16.1. The first-order valence-corrected chi connectivity index (χ1v) is 6.62. The van der Waals surface area contributed by atoms with Gasteiger partial charge >= 0.3 is 0 Å². The van der Waals surface area contributed by atoms with Crippen LogP contribution in [0.2, 0.25) is 0 Å². The summed E-state index contributed by atoms with van der Waals surface area (Å²) in [7, 11) is 0. The SMILES string of the molecule is O=C1CCCCCCCNCCCCC1. The second kappa shape index (κ2) is 8.90. The molecule has 0 radical (unpaired) electrons. The second-order valence-corrected chi connectivity index (χ2v) is 4.62. The van der Waals surface area contributed by atoms with E-state index in [-0.39, 0.29) is 0 Å². The summed E-state index contributed by atoms with van der Waals surface area (Å²) in [5, 5.41) is 3.47. The third-order valence-electron chi connectivity index (χ3n) is 3.12. The van der Waals surface area contributed by atoms with Crippen LogP contribution in [0.15, 0.2) is 0 Å². The number of Topliss-reactive ketones (excluding diaryl/α,β-unsaturated/α-hetero) is 1. The number of hydrogen-bond donors (Lipinski definition) is 1. The van der Waals surface area contributed by atoms with E-state index in [9.17, 15) is 4.79 Å². The molecule has 1 aliphatic rings. The lowest BCUT2D eigenvalue weighted by molar-refractivity contribution is -0.119. The van der Waals surface area contributed by atoms with Crippen molar-refractivity contribution in [1.29, 1.82) is 0 Å². The summed E-state index contributed by atoms with van der Waals surface area (Å²) in [5.74, 6) is 0.486. The summed E-state index contributed by atoms with van der Waals surface area (Å²) in [5.41, 5.74) is 0. The predicted molar refractivity (Wildman–Crippen MR) is 64.0 cm³/mol. The molecule has 0 atom stereocenters. The van der Waals surface area contributed by atoms with Crippen molar-refractivity contribution in [3.8, 4) is 0 Å². The Balaban J connectivity index is 2.13. The molecule has 1 aliphatic heterocycles. The van der Waals surface area contributed by atoms with Crippen LogP contribution in [0.25, 0.3) is 0 Å². The van der Waals surface area contributed by atoms with Gasteiger partial charge in [0.05, 0.1) is 0 Å². The smallest absolute Gasteiger partial charge is 0.132 e. The second-order valence-electron chi connectivity index (χ2n) is 4.62. The van der Waals surface area contributed by atoms with Crippen molar-refractivity contribution in [3.63, 3.8) is 0 Å². The molecule has 0 aromatic heterocycles. The van der Waals surface area contributed by atoms with Gasteiger partial charge in [-0.05, 0) is 38.8 Å². The highest BCUT2D eigenvalue weighted by Gasteiger charge is 2.02. The Hall–Kier alpha value is -0.370. The largest absolute Gasteiger partial charge is 0.317 e. The van der Waals surface area contributed by atoms with Crippen molar-refractivity contribution in [2.45, 2.75) is 64.2 Å². The fraction of sp³-hybridized carbons (Fsp3) is 0.923. The third-order valence-corrected chi connectivity index (χ3v) is 3.12. The third kappa shape index (κ3) is 7.55. The summed E-state index contributed by atoms with van der Waals surface area (Å²) in [4.78, 5) is 11.4. The Morgan fingerprint density at radius 3 is 1.80 bits per heavy atom. The van der Waals surface area contributed by atoms with Gasteiger partial charge in [0.25, 0.3) is 0 Å². The van der Waals surface area contributed by atoms with Crippen molar-refractivity contribution in [3.05, 3.63) is 0 Å². The molecule has 0 saturated carbocycles. The summed E-state index contributed by atoms with van der Waals surface area (Å²) in [6, 6.07) is 0. The number of hydrogen-bond acceptors (Lipinski definition) is 2. The van der Waals surface area contributed by atoms with Gasteiger partial charge in [-0.15, -0.1) is 0 Å². The molecule has 2 heteroatoms. The summed E-state index contributed by atoms with van der Waals surface area (Å²) in [6.45, 7) is 2.31. The van der Waals surface area contributed by atoms with Gasteiger partial charge in [0.15, 0.2) is 0 Å². The van der Waals surface area contributed by atoms with E-state index in [0.717, 1.165) is 32.2 Å². The monoisotopic (exact) mass is 211 g/mol. The molecule has 0 unspecified atom stereocenters. The van der Waals surface area contributed by atoms with Crippen LogP contribution >= 0.6 is 0 Å². The van der Waals surface area contributed by atoms with Crippen LogP contribution < -0.4 is 5.32 Å². The van der Waals surface area contributed by atoms with Gasteiger partial charge < -0.3 is 5.32 Å². The first kappa shape index (κ1) is 12.7. The first-order valence-electron chi connectivity index (χ1n) is 6.62. The lowest BCUT2D eigenvalue weighted by Crippen LogP contribution is -2.16. The molecule has 0 bridgehead atoms. The molecule has 88 valence electrons.